The second-order valence-electron chi connectivity index (χ2n) is 6.30. The molecule has 0 bridgehead atoms. The van der Waals surface area contributed by atoms with E-state index >= 15 is 0 Å². The van der Waals surface area contributed by atoms with Gasteiger partial charge in [0.2, 0.25) is 0 Å². The second kappa shape index (κ2) is 6.48. The van der Waals surface area contributed by atoms with E-state index in [-0.39, 0.29) is 12.1 Å². The van der Waals surface area contributed by atoms with Gasteiger partial charge in [-0.15, -0.1) is 0 Å². The number of hydrogen-bond acceptors (Lipinski definition) is 2. The number of carbonyl (C=O) groups excluding carboxylic acids is 1. The van der Waals surface area contributed by atoms with Gasteiger partial charge in [0.15, 0.2) is 0 Å². The Balaban J connectivity index is 1.63. The van der Waals surface area contributed by atoms with Crippen LogP contribution in [-0.2, 0) is 0 Å². The summed E-state index contributed by atoms with van der Waals surface area (Å²) in [5, 5.41) is 6.04. The van der Waals surface area contributed by atoms with Crippen LogP contribution in [0.3, 0.4) is 0 Å². The van der Waals surface area contributed by atoms with Gasteiger partial charge in [-0.05, 0) is 51.3 Å². The molecule has 2 amide bonds. The molecule has 1 aliphatic carbocycles. The van der Waals surface area contributed by atoms with Gasteiger partial charge in [0, 0.05) is 12.6 Å². The molecule has 0 aromatic heterocycles. The number of benzene rings is 1. The SMILES string of the molecule is Cc1ccc(C(CNC(=O)NC2CC2)N2CCCC2)cc1. The molecule has 2 N–H and O–H groups in total. The Hall–Kier alpha value is -1.55. The lowest BCUT2D eigenvalue weighted by molar-refractivity contribution is 0.220. The fourth-order valence-corrected chi connectivity index (χ4v) is 2.95. The third-order valence-electron chi connectivity index (χ3n) is 4.41. The van der Waals surface area contributed by atoms with Crippen molar-refractivity contribution in [3.63, 3.8) is 0 Å². The highest BCUT2D eigenvalue weighted by molar-refractivity contribution is 5.74. The summed E-state index contributed by atoms with van der Waals surface area (Å²) in [6, 6.07) is 9.38. The molecule has 1 saturated carbocycles. The summed E-state index contributed by atoms with van der Waals surface area (Å²) in [7, 11) is 0. The van der Waals surface area contributed by atoms with Crippen LogP contribution >= 0.6 is 0 Å². The summed E-state index contributed by atoms with van der Waals surface area (Å²) >= 11 is 0. The molecular weight excluding hydrogens is 262 g/mol. The Morgan fingerprint density at radius 2 is 1.90 bits per heavy atom. The van der Waals surface area contributed by atoms with Crippen LogP contribution in [0.4, 0.5) is 4.79 Å². The molecule has 114 valence electrons. The lowest BCUT2D eigenvalue weighted by Gasteiger charge is -2.28. The van der Waals surface area contributed by atoms with Crippen molar-refractivity contribution in [2.24, 2.45) is 0 Å². The summed E-state index contributed by atoms with van der Waals surface area (Å²) in [4.78, 5) is 14.3. The van der Waals surface area contributed by atoms with Gasteiger partial charge >= 0.3 is 6.03 Å². The largest absolute Gasteiger partial charge is 0.336 e. The predicted octanol–water partition coefficient (Wildman–Crippen LogP) is 2.59. The average molecular weight is 287 g/mol. The Morgan fingerprint density at radius 3 is 2.52 bits per heavy atom. The minimum Gasteiger partial charge on any atom is -0.336 e. The van der Waals surface area contributed by atoms with Crippen LogP contribution in [0, 0.1) is 6.92 Å². The summed E-state index contributed by atoms with van der Waals surface area (Å²) in [5.74, 6) is 0. The second-order valence-corrected chi connectivity index (χ2v) is 6.30. The van der Waals surface area contributed by atoms with E-state index in [0.29, 0.717) is 12.6 Å². The number of aryl methyl sites for hydroxylation is 1. The smallest absolute Gasteiger partial charge is 0.315 e. The Bertz CT molecular complexity index is 475. The number of hydrogen-bond donors (Lipinski definition) is 2. The number of amides is 2. The quantitative estimate of drug-likeness (QED) is 0.874. The molecule has 4 heteroatoms. The molecule has 1 unspecified atom stereocenters. The highest BCUT2D eigenvalue weighted by Gasteiger charge is 2.26. The molecule has 1 aromatic rings. The van der Waals surface area contributed by atoms with Crippen molar-refractivity contribution in [2.45, 2.75) is 44.7 Å². The molecule has 1 aliphatic heterocycles. The van der Waals surface area contributed by atoms with Gasteiger partial charge in [-0.1, -0.05) is 29.8 Å². The summed E-state index contributed by atoms with van der Waals surface area (Å²) in [6.45, 7) is 5.05. The summed E-state index contributed by atoms with van der Waals surface area (Å²) in [5.41, 5.74) is 2.58. The number of carbonyl (C=O) groups is 1. The average Bonchev–Trinajstić information content (AvgIpc) is 3.12. The standard InChI is InChI=1S/C17H25N3O/c1-13-4-6-14(7-5-13)16(20-10-2-3-11-20)12-18-17(21)19-15-8-9-15/h4-7,15-16H,2-3,8-12H2,1H3,(H2,18,19,21). The summed E-state index contributed by atoms with van der Waals surface area (Å²) in [6.07, 6.45) is 4.77. The van der Waals surface area contributed by atoms with Crippen LogP contribution in [0.1, 0.15) is 42.9 Å². The van der Waals surface area contributed by atoms with E-state index in [1.807, 2.05) is 0 Å². The molecule has 0 spiro atoms. The molecule has 2 fully saturated rings. The molecule has 1 atom stereocenters. The first-order valence-corrected chi connectivity index (χ1v) is 8.07. The Morgan fingerprint density at radius 1 is 1.24 bits per heavy atom. The summed E-state index contributed by atoms with van der Waals surface area (Å²) < 4.78 is 0. The van der Waals surface area contributed by atoms with Crippen molar-refractivity contribution in [3.8, 4) is 0 Å². The zero-order valence-electron chi connectivity index (χ0n) is 12.8. The Kier molecular flexibility index (Phi) is 4.44. The normalized spacial score (nSPS) is 20.2. The number of urea groups is 1. The predicted molar refractivity (Wildman–Crippen MR) is 84.3 cm³/mol. The van der Waals surface area contributed by atoms with Gasteiger partial charge < -0.3 is 10.6 Å². The van der Waals surface area contributed by atoms with Gasteiger partial charge in [0.05, 0.1) is 6.04 Å². The van der Waals surface area contributed by atoms with Gasteiger partial charge in [0.1, 0.15) is 0 Å². The van der Waals surface area contributed by atoms with Crippen LogP contribution < -0.4 is 10.6 Å². The maximum atomic E-state index is 11.9. The fraction of sp³-hybridized carbons (Fsp3) is 0.588. The minimum absolute atomic E-state index is 0.0196. The molecule has 4 nitrogen and oxygen atoms in total. The van der Waals surface area contributed by atoms with Crippen LogP contribution in [0.15, 0.2) is 24.3 Å². The number of nitrogens with one attached hydrogen (secondary N) is 2. The first-order chi connectivity index (χ1) is 10.2. The Labute approximate surface area is 126 Å². The van der Waals surface area contributed by atoms with E-state index in [0.717, 1.165) is 25.9 Å². The van der Waals surface area contributed by atoms with Crippen molar-refractivity contribution in [1.82, 2.24) is 15.5 Å². The van der Waals surface area contributed by atoms with Crippen molar-refractivity contribution in [1.29, 1.82) is 0 Å². The highest BCUT2D eigenvalue weighted by atomic mass is 16.2. The maximum Gasteiger partial charge on any atom is 0.315 e. The molecular formula is C17H25N3O. The fourth-order valence-electron chi connectivity index (χ4n) is 2.95. The van der Waals surface area contributed by atoms with E-state index in [9.17, 15) is 4.79 Å². The van der Waals surface area contributed by atoms with Crippen molar-refractivity contribution in [3.05, 3.63) is 35.4 Å². The van der Waals surface area contributed by atoms with E-state index in [4.69, 9.17) is 0 Å². The molecule has 0 radical (unpaired) electrons. The lowest BCUT2D eigenvalue weighted by Crippen LogP contribution is -2.42. The van der Waals surface area contributed by atoms with Gasteiger partial charge in [-0.3, -0.25) is 4.90 Å². The molecule has 1 heterocycles. The van der Waals surface area contributed by atoms with Crippen LogP contribution in [-0.4, -0.2) is 36.6 Å². The van der Waals surface area contributed by atoms with Crippen molar-refractivity contribution < 1.29 is 4.79 Å². The van der Waals surface area contributed by atoms with E-state index in [1.165, 1.54) is 24.0 Å². The van der Waals surface area contributed by atoms with Crippen molar-refractivity contribution >= 4 is 6.03 Å². The maximum absolute atomic E-state index is 11.9. The van der Waals surface area contributed by atoms with Crippen LogP contribution in [0.25, 0.3) is 0 Å². The molecule has 1 saturated heterocycles. The zero-order valence-corrected chi connectivity index (χ0v) is 12.8. The first kappa shape index (κ1) is 14.4. The van der Waals surface area contributed by atoms with Crippen LogP contribution in [0.2, 0.25) is 0 Å². The van der Waals surface area contributed by atoms with Gasteiger partial charge in [-0.25, -0.2) is 4.79 Å². The van der Waals surface area contributed by atoms with Crippen molar-refractivity contribution in [2.75, 3.05) is 19.6 Å². The third-order valence-corrected chi connectivity index (χ3v) is 4.41. The van der Waals surface area contributed by atoms with E-state index in [1.54, 1.807) is 0 Å². The van der Waals surface area contributed by atoms with Crippen LogP contribution in [0.5, 0.6) is 0 Å². The van der Waals surface area contributed by atoms with E-state index < -0.39 is 0 Å². The topological polar surface area (TPSA) is 44.4 Å². The monoisotopic (exact) mass is 287 g/mol. The number of rotatable bonds is 5. The number of nitrogens with zero attached hydrogens (tertiary/aromatic N) is 1. The molecule has 3 rings (SSSR count). The highest BCUT2D eigenvalue weighted by Crippen LogP contribution is 2.25. The minimum atomic E-state index is -0.0196. The van der Waals surface area contributed by atoms with Gasteiger partial charge in [0.25, 0.3) is 0 Å². The van der Waals surface area contributed by atoms with Gasteiger partial charge in [-0.2, -0.15) is 0 Å². The number of likely N-dealkylation sites (tertiary alicyclic amines) is 1. The molecule has 21 heavy (non-hydrogen) atoms. The molecule has 1 aromatic carbocycles. The third kappa shape index (κ3) is 3.97. The van der Waals surface area contributed by atoms with E-state index in [2.05, 4.69) is 46.7 Å². The zero-order chi connectivity index (χ0) is 14.7. The lowest BCUT2D eigenvalue weighted by atomic mass is 10.0. The molecule has 2 aliphatic rings. The first-order valence-electron chi connectivity index (χ1n) is 8.07.